The summed E-state index contributed by atoms with van der Waals surface area (Å²) in [6.45, 7) is 0.352. The summed E-state index contributed by atoms with van der Waals surface area (Å²) >= 11 is 0. The highest BCUT2D eigenvalue weighted by molar-refractivity contribution is 5.94. The zero-order valence-electron chi connectivity index (χ0n) is 10.2. The minimum Gasteiger partial charge on any atom is -0.350 e. The molecule has 1 atom stereocenters. The van der Waals surface area contributed by atoms with Crippen molar-refractivity contribution < 1.29 is 18.0 Å². The van der Waals surface area contributed by atoms with E-state index in [4.69, 9.17) is 5.73 Å². The third kappa shape index (κ3) is 3.70. The molecular formula is C13H15F3N2O. The number of amides is 1. The molecule has 0 spiro atoms. The van der Waals surface area contributed by atoms with Gasteiger partial charge in [-0.3, -0.25) is 4.79 Å². The van der Waals surface area contributed by atoms with Crippen LogP contribution in [0.5, 0.6) is 0 Å². The second-order valence-corrected chi connectivity index (χ2v) is 4.79. The number of benzene rings is 1. The summed E-state index contributed by atoms with van der Waals surface area (Å²) in [6.07, 6.45) is -2.22. The van der Waals surface area contributed by atoms with Crippen molar-refractivity contribution in [2.24, 2.45) is 11.7 Å². The molecular weight excluding hydrogens is 257 g/mol. The number of hydrogen-bond acceptors (Lipinski definition) is 2. The first-order chi connectivity index (χ1) is 8.88. The Kier molecular flexibility index (Phi) is 3.80. The van der Waals surface area contributed by atoms with Crippen molar-refractivity contribution >= 4 is 5.91 Å². The van der Waals surface area contributed by atoms with E-state index in [1.54, 1.807) is 0 Å². The van der Waals surface area contributed by atoms with E-state index in [0.29, 0.717) is 12.5 Å². The van der Waals surface area contributed by atoms with E-state index in [1.165, 1.54) is 12.1 Å². The summed E-state index contributed by atoms with van der Waals surface area (Å²) in [4.78, 5) is 11.7. The molecule has 1 aliphatic rings. The quantitative estimate of drug-likeness (QED) is 0.882. The molecule has 1 saturated carbocycles. The Morgan fingerprint density at radius 3 is 2.37 bits per heavy atom. The molecule has 1 aliphatic carbocycles. The Balaban J connectivity index is 1.91. The third-order valence-electron chi connectivity index (χ3n) is 3.20. The summed E-state index contributed by atoms with van der Waals surface area (Å²) in [5, 5.41) is 2.63. The highest BCUT2D eigenvalue weighted by atomic mass is 19.4. The zero-order chi connectivity index (χ0) is 14.0. The van der Waals surface area contributed by atoms with Crippen LogP contribution in [0.25, 0.3) is 0 Å². The van der Waals surface area contributed by atoms with Gasteiger partial charge in [0, 0.05) is 18.2 Å². The average Bonchev–Trinajstić information content (AvgIpc) is 3.19. The van der Waals surface area contributed by atoms with Crippen molar-refractivity contribution in [2.75, 3.05) is 6.54 Å². The molecule has 1 fully saturated rings. The lowest BCUT2D eigenvalue weighted by atomic mass is 10.1. The molecule has 19 heavy (non-hydrogen) atoms. The van der Waals surface area contributed by atoms with Crippen LogP contribution in [0.1, 0.15) is 28.8 Å². The first-order valence-electron chi connectivity index (χ1n) is 6.09. The monoisotopic (exact) mass is 272 g/mol. The molecule has 2 rings (SSSR count). The number of carbonyl (C=O) groups is 1. The Bertz CT molecular complexity index is 452. The zero-order valence-corrected chi connectivity index (χ0v) is 10.2. The fourth-order valence-electron chi connectivity index (χ4n) is 1.81. The fraction of sp³-hybridized carbons (Fsp3) is 0.462. The highest BCUT2D eigenvalue weighted by Crippen LogP contribution is 2.31. The van der Waals surface area contributed by atoms with Gasteiger partial charge >= 0.3 is 6.18 Å². The molecule has 1 amide bonds. The normalized spacial score (nSPS) is 17.1. The minimum absolute atomic E-state index is 0.0709. The van der Waals surface area contributed by atoms with E-state index in [1.807, 2.05) is 0 Å². The van der Waals surface area contributed by atoms with Gasteiger partial charge in [-0.25, -0.2) is 0 Å². The van der Waals surface area contributed by atoms with Gasteiger partial charge in [-0.05, 0) is 43.0 Å². The van der Waals surface area contributed by atoms with Crippen molar-refractivity contribution in [1.29, 1.82) is 0 Å². The van der Waals surface area contributed by atoms with Gasteiger partial charge in [0.1, 0.15) is 0 Å². The summed E-state index contributed by atoms with van der Waals surface area (Å²) in [7, 11) is 0. The first kappa shape index (κ1) is 13.9. The number of alkyl halides is 3. The summed E-state index contributed by atoms with van der Waals surface area (Å²) < 4.78 is 37.1. The van der Waals surface area contributed by atoms with E-state index >= 15 is 0 Å². The Morgan fingerprint density at radius 2 is 1.89 bits per heavy atom. The SMILES string of the molecule is NC(CNC(=O)c1ccc(C(F)(F)F)cc1)C1CC1. The van der Waals surface area contributed by atoms with E-state index < -0.39 is 17.6 Å². The van der Waals surface area contributed by atoms with Gasteiger partial charge < -0.3 is 11.1 Å². The van der Waals surface area contributed by atoms with Crippen molar-refractivity contribution in [1.82, 2.24) is 5.32 Å². The molecule has 1 unspecified atom stereocenters. The van der Waals surface area contributed by atoms with Crippen LogP contribution in [0, 0.1) is 5.92 Å². The van der Waals surface area contributed by atoms with E-state index in [-0.39, 0.29) is 11.6 Å². The van der Waals surface area contributed by atoms with Gasteiger partial charge in [-0.15, -0.1) is 0 Å². The third-order valence-corrected chi connectivity index (χ3v) is 3.20. The van der Waals surface area contributed by atoms with Crippen LogP contribution in [-0.2, 0) is 6.18 Å². The first-order valence-corrected chi connectivity index (χ1v) is 6.09. The van der Waals surface area contributed by atoms with Gasteiger partial charge in [0.05, 0.1) is 5.56 Å². The molecule has 0 aromatic heterocycles. The number of carbonyl (C=O) groups excluding carboxylic acids is 1. The molecule has 1 aromatic carbocycles. The van der Waals surface area contributed by atoms with Gasteiger partial charge in [0.15, 0.2) is 0 Å². The van der Waals surface area contributed by atoms with Crippen molar-refractivity contribution in [3.8, 4) is 0 Å². The number of rotatable bonds is 4. The lowest BCUT2D eigenvalue weighted by Crippen LogP contribution is -2.38. The number of nitrogens with one attached hydrogen (secondary N) is 1. The summed E-state index contributed by atoms with van der Waals surface area (Å²) in [6, 6.07) is 4.06. The summed E-state index contributed by atoms with van der Waals surface area (Å²) in [5.74, 6) is 0.0673. The van der Waals surface area contributed by atoms with E-state index in [9.17, 15) is 18.0 Å². The molecule has 1 aromatic rings. The molecule has 0 bridgehead atoms. The second-order valence-electron chi connectivity index (χ2n) is 4.79. The Hall–Kier alpha value is -1.56. The smallest absolute Gasteiger partial charge is 0.350 e. The lowest BCUT2D eigenvalue weighted by Gasteiger charge is -2.12. The maximum absolute atomic E-state index is 12.4. The number of hydrogen-bond donors (Lipinski definition) is 2. The van der Waals surface area contributed by atoms with Crippen molar-refractivity contribution in [3.05, 3.63) is 35.4 Å². The molecule has 0 radical (unpaired) electrons. The molecule has 0 aliphatic heterocycles. The van der Waals surface area contributed by atoms with Crippen LogP contribution in [0.2, 0.25) is 0 Å². The maximum Gasteiger partial charge on any atom is 0.416 e. The van der Waals surface area contributed by atoms with E-state index in [2.05, 4.69) is 5.32 Å². The van der Waals surface area contributed by atoms with E-state index in [0.717, 1.165) is 25.0 Å². The minimum atomic E-state index is -4.39. The maximum atomic E-state index is 12.4. The Labute approximate surface area is 109 Å². The topological polar surface area (TPSA) is 55.1 Å². The van der Waals surface area contributed by atoms with Crippen LogP contribution in [-0.4, -0.2) is 18.5 Å². The molecule has 0 saturated heterocycles. The Morgan fingerprint density at radius 1 is 1.32 bits per heavy atom. The standard InChI is InChI=1S/C13H15F3N2O/c14-13(15,16)10-5-3-9(4-6-10)12(19)18-7-11(17)8-1-2-8/h3-6,8,11H,1-2,7,17H2,(H,18,19). The molecule has 3 nitrogen and oxygen atoms in total. The lowest BCUT2D eigenvalue weighted by molar-refractivity contribution is -0.137. The molecule has 0 heterocycles. The van der Waals surface area contributed by atoms with Crippen molar-refractivity contribution in [3.63, 3.8) is 0 Å². The predicted octanol–water partition coefficient (Wildman–Crippen LogP) is 2.17. The number of halogens is 3. The van der Waals surface area contributed by atoms with Crippen LogP contribution < -0.4 is 11.1 Å². The largest absolute Gasteiger partial charge is 0.416 e. The molecule has 3 N–H and O–H groups in total. The van der Waals surface area contributed by atoms with Crippen LogP contribution in [0.15, 0.2) is 24.3 Å². The van der Waals surface area contributed by atoms with Gasteiger partial charge in [0.2, 0.25) is 0 Å². The second kappa shape index (κ2) is 5.21. The van der Waals surface area contributed by atoms with Crippen LogP contribution in [0.4, 0.5) is 13.2 Å². The van der Waals surface area contributed by atoms with Crippen molar-refractivity contribution in [2.45, 2.75) is 25.1 Å². The predicted molar refractivity (Wildman–Crippen MR) is 64.5 cm³/mol. The highest BCUT2D eigenvalue weighted by Gasteiger charge is 2.30. The van der Waals surface area contributed by atoms with Gasteiger partial charge in [-0.1, -0.05) is 0 Å². The molecule has 104 valence electrons. The molecule has 6 heteroatoms. The van der Waals surface area contributed by atoms with Gasteiger partial charge in [0.25, 0.3) is 5.91 Å². The van der Waals surface area contributed by atoms with Crippen LogP contribution >= 0.6 is 0 Å². The van der Waals surface area contributed by atoms with Gasteiger partial charge in [-0.2, -0.15) is 13.2 Å². The average molecular weight is 272 g/mol. The number of nitrogens with two attached hydrogens (primary N) is 1. The fourth-order valence-corrected chi connectivity index (χ4v) is 1.81. The summed E-state index contributed by atoms with van der Waals surface area (Å²) in [5.41, 5.74) is 5.26. The van der Waals surface area contributed by atoms with Crippen LogP contribution in [0.3, 0.4) is 0 Å².